The lowest BCUT2D eigenvalue weighted by Gasteiger charge is -2.22. The zero-order chi connectivity index (χ0) is 10.7. The van der Waals surface area contributed by atoms with Gasteiger partial charge in [-0.15, -0.1) is 0 Å². The molecule has 1 amide bonds. The topological polar surface area (TPSA) is 50.4 Å². The molecule has 2 rings (SSSR count). The first-order valence-corrected chi connectivity index (χ1v) is 5.92. The summed E-state index contributed by atoms with van der Waals surface area (Å²) in [7, 11) is 0. The Morgan fingerprint density at radius 3 is 3.13 bits per heavy atom. The summed E-state index contributed by atoms with van der Waals surface area (Å²) < 4.78 is 5.26. The number of rotatable bonds is 4. The van der Waals surface area contributed by atoms with Crippen molar-refractivity contribution >= 4 is 5.91 Å². The summed E-state index contributed by atoms with van der Waals surface area (Å²) in [6.45, 7) is 4.19. The molecule has 1 heterocycles. The maximum absolute atomic E-state index is 11.7. The highest BCUT2D eigenvalue weighted by molar-refractivity contribution is 5.82. The molecule has 0 aromatic heterocycles. The predicted molar refractivity (Wildman–Crippen MR) is 57.6 cm³/mol. The third-order valence-electron chi connectivity index (χ3n) is 3.15. The van der Waals surface area contributed by atoms with Gasteiger partial charge in [-0.1, -0.05) is 13.3 Å². The summed E-state index contributed by atoms with van der Waals surface area (Å²) in [5.41, 5.74) is 0. The molecule has 0 radical (unpaired) electrons. The molecular weight excluding hydrogens is 192 g/mol. The van der Waals surface area contributed by atoms with Gasteiger partial charge in [0.15, 0.2) is 0 Å². The minimum absolute atomic E-state index is 0.110. The van der Waals surface area contributed by atoms with Gasteiger partial charge in [0.05, 0.1) is 13.2 Å². The quantitative estimate of drug-likeness (QED) is 0.704. The lowest BCUT2D eigenvalue weighted by Crippen LogP contribution is -2.51. The van der Waals surface area contributed by atoms with Crippen LogP contribution in [0.15, 0.2) is 0 Å². The molecule has 1 aliphatic heterocycles. The van der Waals surface area contributed by atoms with Crippen molar-refractivity contribution in [3.63, 3.8) is 0 Å². The zero-order valence-electron chi connectivity index (χ0n) is 9.29. The molecule has 2 aliphatic rings. The Bertz CT molecular complexity index is 227. The third kappa shape index (κ3) is 2.92. The van der Waals surface area contributed by atoms with Crippen LogP contribution in [0.4, 0.5) is 0 Å². The smallest absolute Gasteiger partial charge is 0.239 e. The van der Waals surface area contributed by atoms with Crippen molar-refractivity contribution in [2.75, 3.05) is 19.8 Å². The molecule has 1 saturated carbocycles. The summed E-state index contributed by atoms with van der Waals surface area (Å²) in [5, 5.41) is 6.24. The van der Waals surface area contributed by atoms with Gasteiger partial charge in [0.1, 0.15) is 6.04 Å². The number of carbonyl (C=O) groups is 1. The van der Waals surface area contributed by atoms with Crippen LogP contribution in [0, 0.1) is 5.92 Å². The maximum Gasteiger partial charge on any atom is 0.239 e. The molecule has 0 aromatic rings. The Morgan fingerprint density at radius 2 is 2.47 bits per heavy atom. The number of carbonyl (C=O) groups excluding carboxylic acids is 1. The number of hydrogen-bond donors (Lipinski definition) is 2. The SMILES string of the molecule is CCCC1CC1NC(=O)C1COCCN1. The van der Waals surface area contributed by atoms with Crippen LogP contribution >= 0.6 is 0 Å². The van der Waals surface area contributed by atoms with Gasteiger partial charge in [0, 0.05) is 12.6 Å². The van der Waals surface area contributed by atoms with Crippen LogP contribution in [0.2, 0.25) is 0 Å². The molecule has 15 heavy (non-hydrogen) atoms. The first-order chi connectivity index (χ1) is 7.31. The summed E-state index contributed by atoms with van der Waals surface area (Å²) >= 11 is 0. The summed E-state index contributed by atoms with van der Waals surface area (Å²) in [4.78, 5) is 11.7. The van der Waals surface area contributed by atoms with E-state index in [2.05, 4.69) is 17.6 Å². The first kappa shape index (κ1) is 10.9. The van der Waals surface area contributed by atoms with E-state index in [1.807, 2.05) is 0 Å². The molecule has 4 heteroatoms. The Kier molecular flexibility index (Phi) is 3.59. The average molecular weight is 212 g/mol. The summed E-state index contributed by atoms with van der Waals surface area (Å²) in [6.07, 6.45) is 3.61. The molecule has 0 bridgehead atoms. The van der Waals surface area contributed by atoms with Crippen molar-refractivity contribution in [2.45, 2.75) is 38.3 Å². The zero-order valence-corrected chi connectivity index (χ0v) is 9.29. The molecule has 3 unspecified atom stereocenters. The predicted octanol–water partition coefficient (Wildman–Crippen LogP) is 0.280. The fourth-order valence-corrected chi connectivity index (χ4v) is 2.13. The Labute approximate surface area is 90.8 Å². The van der Waals surface area contributed by atoms with Crippen molar-refractivity contribution in [1.29, 1.82) is 0 Å². The largest absolute Gasteiger partial charge is 0.378 e. The monoisotopic (exact) mass is 212 g/mol. The molecule has 0 spiro atoms. The van der Waals surface area contributed by atoms with Gasteiger partial charge in [-0.25, -0.2) is 0 Å². The number of ether oxygens (including phenoxy) is 1. The third-order valence-corrected chi connectivity index (χ3v) is 3.15. The average Bonchev–Trinajstić information content (AvgIpc) is 2.98. The van der Waals surface area contributed by atoms with Crippen LogP contribution in [0.1, 0.15) is 26.2 Å². The van der Waals surface area contributed by atoms with Gasteiger partial charge in [-0.05, 0) is 18.8 Å². The summed E-state index contributed by atoms with van der Waals surface area (Å²) in [5.74, 6) is 0.835. The van der Waals surface area contributed by atoms with Gasteiger partial charge in [0.25, 0.3) is 0 Å². The van der Waals surface area contributed by atoms with Gasteiger partial charge in [-0.2, -0.15) is 0 Å². The van der Waals surface area contributed by atoms with Crippen LogP contribution in [0.25, 0.3) is 0 Å². The van der Waals surface area contributed by atoms with Crippen LogP contribution in [0.5, 0.6) is 0 Å². The standard InChI is InChI=1S/C11H20N2O2/c1-2-3-8-6-9(8)13-11(14)10-7-15-5-4-12-10/h8-10,12H,2-7H2,1H3,(H,13,14). The highest BCUT2D eigenvalue weighted by Crippen LogP contribution is 2.34. The highest BCUT2D eigenvalue weighted by Gasteiger charge is 2.38. The molecule has 0 aromatic carbocycles. The fourth-order valence-electron chi connectivity index (χ4n) is 2.13. The first-order valence-electron chi connectivity index (χ1n) is 5.92. The van der Waals surface area contributed by atoms with E-state index in [0.29, 0.717) is 19.3 Å². The van der Waals surface area contributed by atoms with Crippen LogP contribution in [-0.4, -0.2) is 37.7 Å². The van der Waals surface area contributed by atoms with E-state index in [1.165, 1.54) is 12.8 Å². The molecule has 4 nitrogen and oxygen atoms in total. The van der Waals surface area contributed by atoms with E-state index < -0.39 is 0 Å². The number of hydrogen-bond acceptors (Lipinski definition) is 3. The summed E-state index contributed by atoms with van der Waals surface area (Å²) in [6, 6.07) is 0.294. The second-order valence-corrected chi connectivity index (χ2v) is 4.48. The van der Waals surface area contributed by atoms with Crippen molar-refractivity contribution in [2.24, 2.45) is 5.92 Å². The van der Waals surface area contributed by atoms with Gasteiger partial charge in [0.2, 0.25) is 5.91 Å². The Hall–Kier alpha value is -0.610. The molecule has 1 saturated heterocycles. The molecule has 86 valence electrons. The van der Waals surface area contributed by atoms with E-state index in [-0.39, 0.29) is 11.9 Å². The van der Waals surface area contributed by atoms with E-state index in [0.717, 1.165) is 18.9 Å². The highest BCUT2D eigenvalue weighted by atomic mass is 16.5. The van der Waals surface area contributed by atoms with E-state index in [1.54, 1.807) is 0 Å². The van der Waals surface area contributed by atoms with Gasteiger partial charge in [-0.3, -0.25) is 4.79 Å². The Morgan fingerprint density at radius 1 is 1.60 bits per heavy atom. The normalized spacial score (nSPS) is 34.9. The minimum atomic E-state index is -0.137. The van der Waals surface area contributed by atoms with Crippen molar-refractivity contribution < 1.29 is 9.53 Å². The van der Waals surface area contributed by atoms with Gasteiger partial charge >= 0.3 is 0 Å². The van der Waals surface area contributed by atoms with Crippen molar-refractivity contribution in [3.8, 4) is 0 Å². The number of nitrogens with one attached hydrogen (secondary N) is 2. The lowest BCUT2D eigenvalue weighted by molar-refractivity contribution is -0.126. The van der Waals surface area contributed by atoms with E-state index in [9.17, 15) is 4.79 Å². The fraction of sp³-hybridized carbons (Fsp3) is 0.909. The van der Waals surface area contributed by atoms with E-state index >= 15 is 0 Å². The minimum Gasteiger partial charge on any atom is -0.378 e. The van der Waals surface area contributed by atoms with Crippen LogP contribution < -0.4 is 10.6 Å². The van der Waals surface area contributed by atoms with E-state index in [4.69, 9.17) is 4.74 Å². The maximum atomic E-state index is 11.7. The van der Waals surface area contributed by atoms with Crippen molar-refractivity contribution in [3.05, 3.63) is 0 Å². The molecule has 2 fully saturated rings. The molecule has 1 aliphatic carbocycles. The van der Waals surface area contributed by atoms with Crippen LogP contribution in [0.3, 0.4) is 0 Å². The lowest BCUT2D eigenvalue weighted by atomic mass is 10.2. The molecule has 2 N–H and O–H groups in total. The van der Waals surface area contributed by atoms with Gasteiger partial charge < -0.3 is 15.4 Å². The number of amides is 1. The molecule has 3 atom stereocenters. The number of morpholine rings is 1. The Balaban J connectivity index is 1.68. The van der Waals surface area contributed by atoms with Crippen molar-refractivity contribution in [1.82, 2.24) is 10.6 Å². The second-order valence-electron chi connectivity index (χ2n) is 4.48. The van der Waals surface area contributed by atoms with Crippen LogP contribution in [-0.2, 0) is 9.53 Å². The second kappa shape index (κ2) is 4.94. The molecular formula is C11H20N2O2.